The SMILES string of the molecule is CC(N)c1csc(-c2c(F)cccc2F)n1. The van der Waals surface area contributed by atoms with Crippen molar-refractivity contribution in [3.8, 4) is 10.6 Å². The Morgan fingerprint density at radius 2 is 1.94 bits per heavy atom. The van der Waals surface area contributed by atoms with Crippen molar-refractivity contribution in [3.63, 3.8) is 0 Å². The number of benzene rings is 1. The summed E-state index contributed by atoms with van der Waals surface area (Å²) < 4.78 is 26.9. The number of hydrogen-bond acceptors (Lipinski definition) is 3. The summed E-state index contributed by atoms with van der Waals surface area (Å²) in [6.07, 6.45) is 0. The minimum atomic E-state index is -0.606. The van der Waals surface area contributed by atoms with Crippen LogP contribution in [0, 0.1) is 11.6 Å². The molecule has 2 rings (SSSR count). The van der Waals surface area contributed by atoms with Crippen molar-refractivity contribution in [1.82, 2.24) is 4.98 Å². The van der Waals surface area contributed by atoms with Gasteiger partial charge in [-0.2, -0.15) is 0 Å². The molecule has 1 unspecified atom stereocenters. The number of nitrogens with zero attached hydrogens (tertiary/aromatic N) is 1. The topological polar surface area (TPSA) is 38.9 Å². The van der Waals surface area contributed by atoms with Crippen molar-refractivity contribution >= 4 is 11.3 Å². The second-order valence-electron chi connectivity index (χ2n) is 3.46. The Hall–Kier alpha value is -1.33. The van der Waals surface area contributed by atoms with E-state index in [1.54, 1.807) is 12.3 Å². The second kappa shape index (κ2) is 4.27. The molecule has 0 amide bonds. The van der Waals surface area contributed by atoms with Crippen molar-refractivity contribution in [1.29, 1.82) is 0 Å². The van der Waals surface area contributed by atoms with Gasteiger partial charge in [-0.3, -0.25) is 0 Å². The first kappa shape index (κ1) is 11.2. The number of nitrogens with two attached hydrogens (primary N) is 1. The molecule has 0 aliphatic heterocycles. The first-order valence-corrected chi connectivity index (χ1v) is 5.63. The van der Waals surface area contributed by atoms with Crippen LogP contribution in [-0.4, -0.2) is 4.98 Å². The van der Waals surface area contributed by atoms with Gasteiger partial charge in [-0.25, -0.2) is 13.8 Å². The van der Waals surface area contributed by atoms with Gasteiger partial charge in [0.2, 0.25) is 0 Å². The van der Waals surface area contributed by atoms with Gasteiger partial charge in [-0.1, -0.05) is 6.07 Å². The van der Waals surface area contributed by atoms with Crippen LogP contribution in [-0.2, 0) is 0 Å². The van der Waals surface area contributed by atoms with Crippen molar-refractivity contribution in [2.45, 2.75) is 13.0 Å². The fourth-order valence-electron chi connectivity index (χ4n) is 1.31. The van der Waals surface area contributed by atoms with E-state index in [4.69, 9.17) is 5.73 Å². The third-order valence-electron chi connectivity index (χ3n) is 2.17. The molecule has 0 bridgehead atoms. The summed E-state index contributed by atoms with van der Waals surface area (Å²) in [6.45, 7) is 1.77. The molecule has 0 fully saturated rings. The molecule has 1 atom stereocenters. The van der Waals surface area contributed by atoms with E-state index in [1.165, 1.54) is 29.5 Å². The van der Waals surface area contributed by atoms with Gasteiger partial charge in [-0.05, 0) is 19.1 Å². The van der Waals surface area contributed by atoms with Gasteiger partial charge in [0.05, 0.1) is 11.3 Å². The predicted octanol–water partition coefficient (Wildman–Crippen LogP) is 3.11. The Bertz CT molecular complexity index is 488. The number of aromatic nitrogens is 1. The lowest BCUT2D eigenvalue weighted by Crippen LogP contribution is -2.05. The molecule has 0 saturated heterocycles. The molecule has 1 aromatic carbocycles. The van der Waals surface area contributed by atoms with Gasteiger partial charge in [0, 0.05) is 11.4 Å². The van der Waals surface area contributed by atoms with E-state index in [1.807, 2.05) is 0 Å². The van der Waals surface area contributed by atoms with Crippen LogP contribution in [0.25, 0.3) is 10.6 Å². The molecule has 84 valence electrons. The fraction of sp³-hybridized carbons (Fsp3) is 0.182. The quantitative estimate of drug-likeness (QED) is 0.876. The normalized spacial score (nSPS) is 12.8. The molecule has 0 spiro atoms. The van der Waals surface area contributed by atoms with Crippen LogP contribution in [0.15, 0.2) is 23.6 Å². The Labute approximate surface area is 95.7 Å². The Morgan fingerprint density at radius 3 is 2.44 bits per heavy atom. The van der Waals surface area contributed by atoms with Crippen LogP contribution in [0.4, 0.5) is 8.78 Å². The van der Waals surface area contributed by atoms with E-state index >= 15 is 0 Å². The molecule has 5 heteroatoms. The zero-order valence-corrected chi connectivity index (χ0v) is 9.39. The molecule has 0 aliphatic rings. The van der Waals surface area contributed by atoms with Crippen molar-refractivity contribution < 1.29 is 8.78 Å². The van der Waals surface area contributed by atoms with Crippen molar-refractivity contribution in [2.75, 3.05) is 0 Å². The van der Waals surface area contributed by atoms with Crippen LogP contribution in [0.1, 0.15) is 18.7 Å². The first-order valence-electron chi connectivity index (χ1n) is 4.75. The summed E-state index contributed by atoms with van der Waals surface area (Å²) in [6, 6.07) is 3.52. The standard InChI is InChI=1S/C11H10F2N2S/c1-6(14)9-5-16-11(15-9)10-7(12)3-2-4-8(10)13/h2-6H,14H2,1H3. The van der Waals surface area contributed by atoms with E-state index in [-0.39, 0.29) is 11.6 Å². The summed E-state index contributed by atoms with van der Waals surface area (Å²) in [5, 5.41) is 2.04. The third kappa shape index (κ3) is 1.96. The Balaban J connectivity index is 2.50. The highest BCUT2D eigenvalue weighted by atomic mass is 32.1. The molecule has 2 N–H and O–H groups in total. The molecule has 1 aromatic heterocycles. The van der Waals surface area contributed by atoms with Crippen LogP contribution in [0.2, 0.25) is 0 Å². The lowest BCUT2D eigenvalue weighted by molar-refractivity contribution is 0.589. The fourth-order valence-corrected chi connectivity index (χ4v) is 2.28. The molecule has 0 radical (unpaired) electrons. The van der Waals surface area contributed by atoms with E-state index in [0.717, 1.165) is 0 Å². The van der Waals surface area contributed by atoms with Gasteiger partial charge in [0.15, 0.2) is 0 Å². The molecule has 0 saturated carbocycles. The molecule has 16 heavy (non-hydrogen) atoms. The maximum atomic E-state index is 13.4. The zero-order chi connectivity index (χ0) is 11.7. The summed E-state index contributed by atoms with van der Waals surface area (Å²) >= 11 is 1.19. The van der Waals surface area contributed by atoms with Crippen LogP contribution in [0.5, 0.6) is 0 Å². The van der Waals surface area contributed by atoms with Crippen LogP contribution in [0.3, 0.4) is 0 Å². The van der Waals surface area contributed by atoms with Gasteiger partial charge in [-0.15, -0.1) is 11.3 Å². The monoisotopic (exact) mass is 240 g/mol. The minimum absolute atomic E-state index is 0.0839. The van der Waals surface area contributed by atoms with Crippen LogP contribution >= 0.6 is 11.3 Å². The molecule has 0 aliphatic carbocycles. The Morgan fingerprint density at radius 1 is 1.31 bits per heavy atom. The maximum absolute atomic E-state index is 13.4. The average molecular weight is 240 g/mol. The van der Waals surface area contributed by atoms with E-state index in [9.17, 15) is 8.78 Å². The van der Waals surface area contributed by atoms with Gasteiger partial charge >= 0.3 is 0 Å². The van der Waals surface area contributed by atoms with Gasteiger partial charge < -0.3 is 5.73 Å². The van der Waals surface area contributed by atoms with E-state index < -0.39 is 11.6 Å². The average Bonchev–Trinajstić information content (AvgIpc) is 2.66. The van der Waals surface area contributed by atoms with Gasteiger partial charge in [0.1, 0.15) is 16.6 Å². The first-order chi connectivity index (χ1) is 7.59. The second-order valence-corrected chi connectivity index (χ2v) is 4.32. The van der Waals surface area contributed by atoms with E-state index in [0.29, 0.717) is 10.7 Å². The van der Waals surface area contributed by atoms with Crippen molar-refractivity contribution in [3.05, 3.63) is 40.9 Å². The molecular weight excluding hydrogens is 230 g/mol. The minimum Gasteiger partial charge on any atom is -0.323 e. The number of hydrogen-bond donors (Lipinski definition) is 1. The zero-order valence-electron chi connectivity index (χ0n) is 8.58. The summed E-state index contributed by atoms with van der Waals surface area (Å²) in [7, 11) is 0. The maximum Gasteiger partial charge on any atom is 0.136 e. The summed E-state index contributed by atoms with van der Waals surface area (Å²) in [4.78, 5) is 4.12. The van der Waals surface area contributed by atoms with Crippen LogP contribution < -0.4 is 5.73 Å². The van der Waals surface area contributed by atoms with Crippen molar-refractivity contribution in [2.24, 2.45) is 5.73 Å². The number of rotatable bonds is 2. The predicted molar refractivity (Wildman–Crippen MR) is 60.1 cm³/mol. The Kier molecular flexibility index (Phi) is 2.98. The molecule has 1 heterocycles. The third-order valence-corrected chi connectivity index (χ3v) is 3.04. The molecular formula is C11H10F2N2S. The van der Waals surface area contributed by atoms with Gasteiger partial charge in [0.25, 0.3) is 0 Å². The number of thiazole rings is 1. The largest absolute Gasteiger partial charge is 0.323 e. The molecule has 2 nitrogen and oxygen atoms in total. The highest BCUT2D eigenvalue weighted by molar-refractivity contribution is 7.13. The smallest absolute Gasteiger partial charge is 0.136 e. The lowest BCUT2D eigenvalue weighted by atomic mass is 10.2. The summed E-state index contributed by atoms with van der Waals surface area (Å²) in [5.74, 6) is -1.21. The lowest BCUT2D eigenvalue weighted by Gasteiger charge is -2.01. The van der Waals surface area contributed by atoms with E-state index in [2.05, 4.69) is 4.98 Å². The summed E-state index contributed by atoms with van der Waals surface area (Å²) in [5.41, 5.74) is 6.20. The number of halogens is 2. The molecule has 2 aromatic rings. The highest BCUT2D eigenvalue weighted by Crippen LogP contribution is 2.29. The highest BCUT2D eigenvalue weighted by Gasteiger charge is 2.15.